The molecule has 2 nitrogen and oxygen atoms in total. The molecule has 5 aromatic rings. The molecule has 0 saturated heterocycles. The summed E-state index contributed by atoms with van der Waals surface area (Å²) >= 11 is 0. The maximum absolute atomic E-state index is 3.70. The topological polar surface area (TPSA) is 27.8 Å². The van der Waals surface area contributed by atoms with Crippen LogP contribution in [-0.4, -0.2) is 4.98 Å². The van der Waals surface area contributed by atoms with Gasteiger partial charge in [0.2, 0.25) is 0 Å². The van der Waals surface area contributed by atoms with Crippen LogP contribution in [-0.2, 0) is 6.54 Å². The van der Waals surface area contributed by atoms with Crippen molar-refractivity contribution in [1.82, 2.24) is 10.3 Å². The number of nitrogens with one attached hydrogen (secondary N) is 2. The van der Waals surface area contributed by atoms with Crippen molar-refractivity contribution in [3.05, 3.63) is 96.2 Å². The minimum Gasteiger partial charge on any atom is -0.357 e. The van der Waals surface area contributed by atoms with E-state index in [1.54, 1.807) is 0 Å². The number of rotatable bonds is 4. The van der Waals surface area contributed by atoms with Gasteiger partial charge < -0.3 is 10.3 Å². The maximum atomic E-state index is 3.70. The molecular weight excluding hydrogens is 328 g/mol. The third-order valence-electron chi connectivity index (χ3n) is 5.45. The normalized spacial score (nSPS) is 12.8. The van der Waals surface area contributed by atoms with Crippen LogP contribution in [0.25, 0.3) is 32.4 Å². The molecule has 132 valence electrons. The number of hydrogen-bond acceptors (Lipinski definition) is 1. The number of benzene rings is 4. The van der Waals surface area contributed by atoms with Crippen LogP contribution >= 0.6 is 0 Å². The average Bonchev–Trinajstić information content (AvgIpc) is 3.14. The molecule has 27 heavy (non-hydrogen) atoms. The molecule has 2 N–H and O–H groups in total. The Bertz CT molecular complexity index is 1220. The second-order valence-corrected chi connectivity index (χ2v) is 7.22. The largest absolute Gasteiger partial charge is 0.357 e. The molecule has 1 heterocycles. The standard InChI is InChI=1S/C25H22N2/c1-17(26-16-20-14-19-9-3-7-13-25(19)27-20)24-15-18-8-2-4-10-21(18)22-11-5-6-12-23(22)24/h2-15,17,26-27H,16H2,1H3. The van der Waals surface area contributed by atoms with E-state index in [0.29, 0.717) is 0 Å². The molecule has 0 amide bonds. The summed E-state index contributed by atoms with van der Waals surface area (Å²) in [5, 5.41) is 10.2. The van der Waals surface area contributed by atoms with Crippen molar-refractivity contribution >= 4 is 32.4 Å². The first-order valence-corrected chi connectivity index (χ1v) is 9.50. The molecule has 0 aliphatic heterocycles. The van der Waals surface area contributed by atoms with E-state index in [-0.39, 0.29) is 6.04 Å². The van der Waals surface area contributed by atoms with Crippen LogP contribution in [0.1, 0.15) is 24.2 Å². The number of aromatic nitrogens is 1. The summed E-state index contributed by atoms with van der Waals surface area (Å²) in [6.07, 6.45) is 0. The zero-order chi connectivity index (χ0) is 18.2. The molecule has 1 atom stereocenters. The van der Waals surface area contributed by atoms with Crippen molar-refractivity contribution in [3.8, 4) is 0 Å². The van der Waals surface area contributed by atoms with Gasteiger partial charge in [0.1, 0.15) is 0 Å². The molecule has 0 fully saturated rings. The van der Waals surface area contributed by atoms with Gasteiger partial charge in [-0.25, -0.2) is 0 Å². The monoisotopic (exact) mass is 350 g/mol. The number of fused-ring (bicyclic) bond motifs is 4. The summed E-state index contributed by atoms with van der Waals surface area (Å²) in [7, 11) is 0. The highest BCUT2D eigenvalue weighted by molar-refractivity contribution is 6.09. The van der Waals surface area contributed by atoms with Crippen LogP contribution in [0.2, 0.25) is 0 Å². The van der Waals surface area contributed by atoms with E-state index >= 15 is 0 Å². The van der Waals surface area contributed by atoms with E-state index in [2.05, 4.69) is 102 Å². The van der Waals surface area contributed by atoms with E-state index in [1.807, 2.05) is 0 Å². The van der Waals surface area contributed by atoms with Gasteiger partial charge in [-0.1, -0.05) is 66.7 Å². The van der Waals surface area contributed by atoms with Crippen LogP contribution < -0.4 is 5.32 Å². The van der Waals surface area contributed by atoms with E-state index < -0.39 is 0 Å². The van der Waals surface area contributed by atoms with Crippen molar-refractivity contribution in [3.63, 3.8) is 0 Å². The Morgan fingerprint density at radius 3 is 2.22 bits per heavy atom. The zero-order valence-electron chi connectivity index (χ0n) is 15.4. The Hall–Kier alpha value is -3.10. The molecule has 0 aliphatic rings. The van der Waals surface area contributed by atoms with Crippen molar-refractivity contribution in [2.24, 2.45) is 0 Å². The lowest BCUT2D eigenvalue weighted by Crippen LogP contribution is -2.18. The minimum atomic E-state index is 0.255. The number of para-hydroxylation sites is 1. The summed E-state index contributed by atoms with van der Waals surface area (Å²) in [4.78, 5) is 3.51. The molecule has 2 heteroatoms. The molecule has 0 bridgehead atoms. The summed E-state index contributed by atoms with van der Waals surface area (Å²) in [6, 6.07) is 30.6. The molecule has 1 unspecified atom stereocenters. The van der Waals surface area contributed by atoms with Gasteiger partial charge in [0.25, 0.3) is 0 Å². The van der Waals surface area contributed by atoms with Crippen LogP contribution in [0.5, 0.6) is 0 Å². The molecule has 0 aliphatic carbocycles. The van der Waals surface area contributed by atoms with Crippen molar-refractivity contribution in [2.45, 2.75) is 19.5 Å². The Balaban J connectivity index is 1.50. The SMILES string of the molecule is CC(NCc1cc2ccccc2[nH]1)c1cc2ccccc2c2ccccc12. The Morgan fingerprint density at radius 1 is 0.741 bits per heavy atom. The summed E-state index contributed by atoms with van der Waals surface area (Å²) in [5.74, 6) is 0. The van der Waals surface area contributed by atoms with Crippen molar-refractivity contribution in [2.75, 3.05) is 0 Å². The number of hydrogen-bond donors (Lipinski definition) is 2. The fourth-order valence-corrected chi connectivity index (χ4v) is 4.04. The molecular formula is C25H22N2. The van der Waals surface area contributed by atoms with Gasteiger partial charge in [0, 0.05) is 23.8 Å². The highest BCUT2D eigenvalue weighted by Gasteiger charge is 2.12. The molecule has 1 aromatic heterocycles. The predicted octanol–water partition coefficient (Wildman–Crippen LogP) is 6.33. The first-order chi connectivity index (χ1) is 13.3. The Morgan fingerprint density at radius 2 is 1.41 bits per heavy atom. The minimum absolute atomic E-state index is 0.255. The van der Waals surface area contributed by atoms with Crippen LogP contribution in [0.4, 0.5) is 0 Å². The zero-order valence-corrected chi connectivity index (χ0v) is 15.4. The van der Waals surface area contributed by atoms with Crippen molar-refractivity contribution < 1.29 is 0 Å². The molecule has 0 radical (unpaired) electrons. The van der Waals surface area contributed by atoms with Crippen LogP contribution in [0.3, 0.4) is 0 Å². The third kappa shape index (κ3) is 2.88. The Kier molecular flexibility index (Phi) is 3.92. The summed E-state index contributed by atoms with van der Waals surface area (Å²) in [6.45, 7) is 3.07. The van der Waals surface area contributed by atoms with Gasteiger partial charge in [-0.15, -0.1) is 0 Å². The molecule has 0 saturated carbocycles. The van der Waals surface area contributed by atoms with Crippen molar-refractivity contribution in [1.29, 1.82) is 0 Å². The molecule has 4 aromatic carbocycles. The quantitative estimate of drug-likeness (QED) is 0.364. The van der Waals surface area contributed by atoms with Crippen LogP contribution in [0.15, 0.2) is 84.9 Å². The smallest absolute Gasteiger partial charge is 0.0456 e. The van der Waals surface area contributed by atoms with Gasteiger partial charge in [0.15, 0.2) is 0 Å². The average molecular weight is 350 g/mol. The first kappa shape index (κ1) is 16.1. The molecule has 5 rings (SSSR count). The van der Waals surface area contributed by atoms with E-state index in [1.165, 1.54) is 43.7 Å². The van der Waals surface area contributed by atoms with E-state index in [4.69, 9.17) is 0 Å². The molecule has 0 spiro atoms. The van der Waals surface area contributed by atoms with E-state index in [9.17, 15) is 0 Å². The lowest BCUT2D eigenvalue weighted by Gasteiger charge is -2.18. The lowest BCUT2D eigenvalue weighted by molar-refractivity contribution is 0.573. The van der Waals surface area contributed by atoms with Gasteiger partial charge in [-0.2, -0.15) is 0 Å². The second-order valence-electron chi connectivity index (χ2n) is 7.22. The van der Waals surface area contributed by atoms with E-state index in [0.717, 1.165) is 6.54 Å². The first-order valence-electron chi connectivity index (χ1n) is 9.50. The van der Waals surface area contributed by atoms with Gasteiger partial charge in [-0.3, -0.25) is 0 Å². The fraction of sp³-hybridized carbons (Fsp3) is 0.120. The van der Waals surface area contributed by atoms with Gasteiger partial charge >= 0.3 is 0 Å². The highest BCUT2D eigenvalue weighted by Crippen LogP contribution is 2.32. The summed E-state index contributed by atoms with van der Waals surface area (Å²) in [5.41, 5.74) is 3.76. The lowest BCUT2D eigenvalue weighted by atomic mass is 9.94. The fourth-order valence-electron chi connectivity index (χ4n) is 4.04. The number of aromatic amines is 1. The summed E-state index contributed by atoms with van der Waals surface area (Å²) < 4.78 is 0. The van der Waals surface area contributed by atoms with Gasteiger partial charge in [0.05, 0.1) is 0 Å². The van der Waals surface area contributed by atoms with Crippen LogP contribution in [0, 0.1) is 0 Å². The maximum Gasteiger partial charge on any atom is 0.0456 e. The van der Waals surface area contributed by atoms with Gasteiger partial charge in [-0.05, 0) is 57.6 Å². The highest BCUT2D eigenvalue weighted by atomic mass is 14.9. The second kappa shape index (κ2) is 6.57. The Labute approximate surface area is 158 Å². The third-order valence-corrected chi connectivity index (χ3v) is 5.45. The predicted molar refractivity (Wildman–Crippen MR) is 115 cm³/mol. The number of H-pyrrole nitrogens is 1.